The van der Waals surface area contributed by atoms with E-state index in [2.05, 4.69) is 15.3 Å². The molecule has 2 aromatic heterocycles. The van der Waals surface area contributed by atoms with Gasteiger partial charge in [0.05, 0.1) is 5.52 Å². The van der Waals surface area contributed by atoms with Crippen LogP contribution in [0.25, 0.3) is 16.6 Å². The molecule has 0 spiro atoms. The van der Waals surface area contributed by atoms with Crippen LogP contribution in [0.4, 0.5) is 5.82 Å². The molecule has 9 heteroatoms. The van der Waals surface area contributed by atoms with E-state index >= 15 is 0 Å². The molecule has 2 heterocycles. The second-order valence-electron chi connectivity index (χ2n) is 4.02. The van der Waals surface area contributed by atoms with E-state index in [1.165, 1.54) is 18.7 Å². The molecule has 3 aromatic rings. The number of hydrogen-bond donors (Lipinski definition) is 1. The minimum Gasteiger partial charge on any atom is -0.381 e. The van der Waals surface area contributed by atoms with Crippen LogP contribution >= 0.6 is 7.60 Å². The molecule has 0 atom stereocenters. The van der Waals surface area contributed by atoms with Gasteiger partial charge in [0, 0.05) is 19.6 Å². The number of benzene rings is 1. The van der Waals surface area contributed by atoms with Crippen molar-refractivity contribution in [1.29, 1.82) is 0 Å². The maximum absolute atomic E-state index is 12.4. The average Bonchev–Trinajstić information content (AvgIpc) is 2.87. The van der Waals surface area contributed by atoms with Gasteiger partial charge in [-0.15, -0.1) is 10.2 Å². The molecule has 2 N–H and O–H groups in total. The number of fused-ring (bicyclic) bond motifs is 3. The lowest BCUT2D eigenvalue weighted by molar-refractivity contribution is 0.286. The lowest BCUT2D eigenvalue weighted by atomic mass is 10.2. The lowest BCUT2D eigenvalue weighted by Gasteiger charge is -2.13. The van der Waals surface area contributed by atoms with Crippen molar-refractivity contribution in [3.8, 4) is 0 Å². The van der Waals surface area contributed by atoms with Crippen LogP contribution in [0.15, 0.2) is 24.3 Å². The molecular weight excluding hydrogens is 281 g/mol. The first-order chi connectivity index (χ1) is 9.60. The molecule has 0 aliphatic heterocycles. The molecule has 0 fully saturated rings. The van der Waals surface area contributed by atoms with Gasteiger partial charge in [0.15, 0.2) is 11.5 Å². The molecule has 0 aliphatic rings. The first kappa shape index (κ1) is 13.0. The van der Waals surface area contributed by atoms with Gasteiger partial charge in [-0.25, -0.2) is 0 Å². The summed E-state index contributed by atoms with van der Waals surface area (Å²) in [6.07, 6.45) is 0. The Kier molecular flexibility index (Phi) is 2.93. The first-order valence-corrected chi connectivity index (χ1v) is 7.26. The molecule has 0 bridgehead atoms. The van der Waals surface area contributed by atoms with Gasteiger partial charge in [-0.05, 0) is 12.1 Å². The fourth-order valence-corrected chi connectivity index (χ4v) is 2.99. The number of hydrogen-bond acceptors (Lipinski definition) is 7. The minimum atomic E-state index is -3.58. The summed E-state index contributed by atoms with van der Waals surface area (Å²) in [6, 6.07) is 7.41. The Morgan fingerprint density at radius 1 is 1.20 bits per heavy atom. The van der Waals surface area contributed by atoms with Crippen molar-refractivity contribution in [2.24, 2.45) is 0 Å². The molecule has 0 unspecified atom stereocenters. The molecule has 0 saturated carbocycles. The quantitative estimate of drug-likeness (QED) is 0.717. The predicted molar refractivity (Wildman–Crippen MR) is 74.0 cm³/mol. The van der Waals surface area contributed by atoms with Crippen molar-refractivity contribution in [1.82, 2.24) is 19.8 Å². The molecule has 0 radical (unpaired) electrons. The second kappa shape index (κ2) is 4.52. The summed E-state index contributed by atoms with van der Waals surface area (Å²) < 4.78 is 23.5. The number of anilines is 1. The van der Waals surface area contributed by atoms with Crippen LogP contribution < -0.4 is 11.2 Å². The zero-order valence-electron chi connectivity index (χ0n) is 10.8. The third kappa shape index (κ3) is 1.70. The summed E-state index contributed by atoms with van der Waals surface area (Å²) in [4.78, 5) is 0. The van der Waals surface area contributed by atoms with Crippen LogP contribution in [-0.4, -0.2) is 34.0 Å². The summed E-state index contributed by atoms with van der Waals surface area (Å²) in [5.41, 5.74) is 7.14. The van der Waals surface area contributed by atoms with Gasteiger partial charge < -0.3 is 14.8 Å². The highest BCUT2D eigenvalue weighted by atomic mass is 31.2. The highest BCUT2D eigenvalue weighted by molar-refractivity contribution is 7.62. The average molecular weight is 293 g/mol. The van der Waals surface area contributed by atoms with Crippen LogP contribution in [0.3, 0.4) is 0 Å². The fraction of sp³-hybridized carbons (Fsp3) is 0.182. The summed E-state index contributed by atoms with van der Waals surface area (Å²) in [7, 11) is -1.06. The van der Waals surface area contributed by atoms with E-state index in [9.17, 15) is 4.57 Å². The van der Waals surface area contributed by atoms with Crippen LogP contribution in [-0.2, 0) is 13.6 Å². The van der Waals surface area contributed by atoms with E-state index in [0.717, 1.165) is 10.9 Å². The molecule has 8 nitrogen and oxygen atoms in total. The van der Waals surface area contributed by atoms with Gasteiger partial charge >= 0.3 is 7.60 Å². The third-order valence-corrected chi connectivity index (χ3v) is 4.79. The molecule has 20 heavy (non-hydrogen) atoms. The number of aromatic nitrogens is 4. The second-order valence-corrected chi connectivity index (χ2v) is 6.17. The van der Waals surface area contributed by atoms with Crippen LogP contribution in [0.5, 0.6) is 0 Å². The number of rotatable bonds is 3. The number of nitrogens with zero attached hydrogens (tertiary/aromatic N) is 4. The maximum Gasteiger partial charge on any atom is 0.384 e. The van der Waals surface area contributed by atoms with Crippen LogP contribution in [0, 0.1) is 0 Å². The Bertz CT molecular complexity index is 839. The Hall–Kier alpha value is -2.02. The van der Waals surface area contributed by atoms with Crippen molar-refractivity contribution in [2.75, 3.05) is 20.0 Å². The first-order valence-electron chi connectivity index (χ1n) is 5.72. The molecule has 1 aromatic carbocycles. The number of nitrogens with two attached hydrogens (primary N) is 1. The molecular formula is C11H12N5O3P. The Balaban J connectivity index is 2.36. The van der Waals surface area contributed by atoms with Gasteiger partial charge in [-0.2, -0.15) is 9.61 Å². The van der Waals surface area contributed by atoms with Gasteiger partial charge in [0.25, 0.3) is 0 Å². The largest absolute Gasteiger partial charge is 0.384 e. The van der Waals surface area contributed by atoms with E-state index in [4.69, 9.17) is 14.8 Å². The summed E-state index contributed by atoms with van der Waals surface area (Å²) in [5, 5.41) is 13.0. The van der Waals surface area contributed by atoms with E-state index in [0.29, 0.717) is 5.65 Å². The summed E-state index contributed by atoms with van der Waals surface area (Å²) in [6.45, 7) is 0. The SMILES string of the molecule is COP(=O)(OC)c1nnc2c3ccccc3nn2c1N. The minimum absolute atomic E-state index is 0.0530. The predicted octanol–water partition coefficient (Wildman–Crippen LogP) is 0.971. The Labute approximate surface area is 114 Å². The lowest BCUT2D eigenvalue weighted by Crippen LogP contribution is -2.22. The summed E-state index contributed by atoms with van der Waals surface area (Å²) >= 11 is 0. The Morgan fingerprint density at radius 2 is 1.90 bits per heavy atom. The molecule has 104 valence electrons. The summed E-state index contributed by atoms with van der Waals surface area (Å²) in [5.74, 6) is 0.0817. The van der Waals surface area contributed by atoms with Crippen LogP contribution in [0.2, 0.25) is 0 Å². The zero-order valence-corrected chi connectivity index (χ0v) is 11.7. The highest BCUT2D eigenvalue weighted by Gasteiger charge is 2.32. The van der Waals surface area contributed by atoms with E-state index in [1.807, 2.05) is 24.3 Å². The van der Waals surface area contributed by atoms with Crippen molar-refractivity contribution in [2.45, 2.75) is 0 Å². The van der Waals surface area contributed by atoms with Crippen LogP contribution in [0.1, 0.15) is 0 Å². The van der Waals surface area contributed by atoms with Gasteiger partial charge in [-0.1, -0.05) is 12.1 Å². The normalized spacial score (nSPS) is 12.3. The topological polar surface area (TPSA) is 105 Å². The molecule has 3 rings (SSSR count). The highest BCUT2D eigenvalue weighted by Crippen LogP contribution is 2.45. The smallest absolute Gasteiger partial charge is 0.381 e. The van der Waals surface area contributed by atoms with E-state index in [1.54, 1.807) is 0 Å². The number of nitrogen functional groups attached to an aromatic ring is 1. The zero-order chi connectivity index (χ0) is 14.3. The molecule has 0 saturated heterocycles. The molecule has 0 amide bonds. The van der Waals surface area contributed by atoms with Crippen molar-refractivity contribution in [3.63, 3.8) is 0 Å². The fourth-order valence-electron chi connectivity index (χ4n) is 1.97. The van der Waals surface area contributed by atoms with Crippen molar-refractivity contribution < 1.29 is 13.6 Å². The van der Waals surface area contributed by atoms with Crippen molar-refractivity contribution in [3.05, 3.63) is 24.3 Å². The Morgan fingerprint density at radius 3 is 2.60 bits per heavy atom. The van der Waals surface area contributed by atoms with E-state index in [-0.39, 0.29) is 11.3 Å². The standard InChI is InChI=1S/C11H12N5O3P/c1-18-20(17,19-2)11-9(12)16-10(13-14-11)7-5-3-4-6-8(7)15-16/h3-6H,12H2,1-2H3. The van der Waals surface area contributed by atoms with Gasteiger partial charge in [0.2, 0.25) is 5.44 Å². The monoisotopic (exact) mass is 293 g/mol. The van der Waals surface area contributed by atoms with Gasteiger partial charge in [-0.3, -0.25) is 4.57 Å². The maximum atomic E-state index is 12.4. The van der Waals surface area contributed by atoms with E-state index < -0.39 is 7.60 Å². The third-order valence-electron chi connectivity index (χ3n) is 2.99. The van der Waals surface area contributed by atoms with Gasteiger partial charge in [0.1, 0.15) is 0 Å². The molecule has 0 aliphatic carbocycles. The van der Waals surface area contributed by atoms with Crippen molar-refractivity contribution >= 4 is 35.4 Å².